The summed E-state index contributed by atoms with van der Waals surface area (Å²) in [6.07, 6.45) is -10.8. The van der Waals surface area contributed by atoms with Gasteiger partial charge >= 0.3 is 30.0 Å². The minimum Gasteiger partial charge on any atom is -0.456 e. The molecule has 1 saturated heterocycles. The second-order valence-corrected chi connectivity index (χ2v) is 18.3. The number of ether oxygens (including phenoxy) is 8. The third-order valence-corrected chi connectivity index (χ3v) is 14.0. The Labute approximate surface area is 388 Å². The van der Waals surface area contributed by atoms with Crippen molar-refractivity contribution in [1.29, 1.82) is 0 Å². The van der Waals surface area contributed by atoms with Crippen molar-refractivity contribution in [2.24, 2.45) is 16.7 Å². The number of hydrogen-bond donors (Lipinski definition) is 3. The molecule has 17 heteroatoms. The van der Waals surface area contributed by atoms with Gasteiger partial charge in [-0.3, -0.25) is 14.4 Å². The minimum absolute atomic E-state index is 0.0235. The molecule has 358 valence electrons. The van der Waals surface area contributed by atoms with Crippen LogP contribution in [0.5, 0.6) is 0 Å². The summed E-state index contributed by atoms with van der Waals surface area (Å²) < 4.78 is 47.8. The summed E-state index contributed by atoms with van der Waals surface area (Å²) in [4.78, 5) is 84.4. The number of carbonyl (C=O) groups excluding carboxylic acids is 6. The maximum atomic E-state index is 15.9. The highest BCUT2D eigenvalue weighted by molar-refractivity contribution is 5.95. The maximum Gasteiger partial charge on any atom is 0.408 e. The van der Waals surface area contributed by atoms with Crippen molar-refractivity contribution in [3.05, 3.63) is 119 Å². The lowest BCUT2D eigenvalue weighted by Gasteiger charge is -2.67. The second kappa shape index (κ2) is 19.3. The van der Waals surface area contributed by atoms with Crippen LogP contribution in [0.3, 0.4) is 0 Å². The largest absolute Gasteiger partial charge is 0.456 e. The molecular formula is C50H57NO16. The van der Waals surface area contributed by atoms with Crippen LogP contribution < -0.4 is 5.32 Å². The molecule has 1 aliphatic heterocycles. The first-order valence-corrected chi connectivity index (χ1v) is 22.0. The van der Waals surface area contributed by atoms with E-state index >= 15 is 4.79 Å². The Morgan fingerprint density at radius 3 is 2.07 bits per heavy atom. The summed E-state index contributed by atoms with van der Waals surface area (Å²) in [7, 11) is 1.38. The molecule has 4 aliphatic rings. The number of fused-ring (bicyclic) bond motifs is 5. The van der Waals surface area contributed by atoms with Crippen molar-refractivity contribution < 1.29 is 76.9 Å². The van der Waals surface area contributed by atoms with Crippen LogP contribution >= 0.6 is 0 Å². The van der Waals surface area contributed by atoms with E-state index in [2.05, 4.69) is 5.32 Å². The number of esters is 4. The van der Waals surface area contributed by atoms with Gasteiger partial charge in [-0.05, 0) is 48.3 Å². The number of ketones is 1. The normalized spacial score (nSPS) is 30.3. The van der Waals surface area contributed by atoms with E-state index in [1.165, 1.54) is 33.1 Å². The predicted octanol–water partition coefficient (Wildman–Crippen LogP) is 4.86. The first kappa shape index (κ1) is 48.9. The third-order valence-electron chi connectivity index (χ3n) is 14.0. The highest BCUT2D eigenvalue weighted by Gasteiger charge is 2.78. The van der Waals surface area contributed by atoms with Crippen LogP contribution in [0.4, 0.5) is 4.79 Å². The Morgan fingerprint density at radius 1 is 0.866 bits per heavy atom. The lowest BCUT2D eigenvalue weighted by molar-refractivity contribution is -0.351. The van der Waals surface area contributed by atoms with Crippen molar-refractivity contribution in [3.63, 3.8) is 0 Å². The van der Waals surface area contributed by atoms with Gasteiger partial charge in [-0.2, -0.15) is 0 Å². The van der Waals surface area contributed by atoms with Gasteiger partial charge in [0.1, 0.15) is 37.3 Å². The molecule has 3 aromatic rings. The zero-order valence-electron chi connectivity index (χ0n) is 38.4. The van der Waals surface area contributed by atoms with Crippen LogP contribution in [0.25, 0.3) is 0 Å². The van der Waals surface area contributed by atoms with E-state index in [9.17, 15) is 34.2 Å². The molecule has 1 amide bonds. The van der Waals surface area contributed by atoms with E-state index in [0.29, 0.717) is 11.1 Å². The van der Waals surface area contributed by atoms with Gasteiger partial charge in [0.2, 0.25) is 0 Å². The SMILES string of the molecule is COCO[C@H]1C[C@H]2OC[C@@]2(OC(C)=O)C2[C@H](OC(=O)c3ccccc3)[C@]3(O)C[C@H](OC(=O)[C@H](O)[C@@H](NC(=O)OCc4ccccc4)c4ccccc4)C(C)=C([C@@H](OC(C)=O)C(=O)[C@@]21C)C3(C)C. The number of nitrogens with one attached hydrogen (secondary N) is 1. The number of benzene rings is 3. The summed E-state index contributed by atoms with van der Waals surface area (Å²) in [6.45, 7) is 7.81. The van der Waals surface area contributed by atoms with Crippen molar-refractivity contribution in [2.75, 3.05) is 20.5 Å². The van der Waals surface area contributed by atoms with Crippen LogP contribution in [-0.2, 0) is 63.7 Å². The Bertz CT molecular complexity index is 2370. The minimum atomic E-state index is -2.39. The molecule has 3 N–H and O–H groups in total. The number of aliphatic hydroxyl groups excluding tert-OH is 1. The Balaban J connectivity index is 1.37. The summed E-state index contributed by atoms with van der Waals surface area (Å²) in [5.41, 5.74) is -6.41. The molecule has 7 rings (SSSR count). The highest BCUT2D eigenvalue weighted by atomic mass is 16.7. The van der Waals surface area contributed by atoms with Crippen molar-refractivity contribution in [1.82, 2.24) is 5.32 Å². The van der Waals surface area contributed by atoms with Crippen LogP contribution in [0, 0.1) is 16.7 Å². The molecule has 1 heterocycles. The van der Waals surface area contributed by atoms with Gasteiger partial charge in [0, 0.05) is 39.2 Å². The predicted molar refractivity (Wildman–Crippen MR) is 234 cm³/mol. The Morgan fingerprint density at radius 2 is 1.49 bits per heavy atom. The third kappa shape index (κ3) is 8.98. The van der Waals surface area contributed by atoms with Gasteiger partial charge in [0.25, 0.3) is 0 Å². The standard InChI is InChI=1S/C50H57NO16/c1-28-34(65-45(57)39(54)38(32-19-13-9-14-20-32)51-46(58)61-25-31-17-11-8-12-18-31)24-50(59)43(66-44(56)33-21-15-10-16-22-33)41-48(6,42(55)40(64-29(2)52)37(28)47(50,4)5)35(63-27-60-7)23-36-49(41,26-62-36)67-30(3)53/h8-22,34-36,38-41,43,54,59H,23-27H2,1-7H3,(H,51,58)/t34-,35-,36+,38-,39+,40+,41?,43-,48+,49-,50+/m0/s1. The molecular weight excluding hydrogens is 871 g/mol. The number of carbonyl (C=O) groups is 6. The number of hydrogen-bond acceptors (Lipinski definition) is 16. The molecule has 11 atom stereocenters. The number of aliphatic hydroxyl groups is 2. The van der Waals surface area contributed by atoms with Gasteiger partial charge in [-0.25, -0.2) is 14.4 Å². The number of rotatable bonds is 14. The van der Waals surface area contributed by atoms with Gasteiger partial charge in [0.15, 0.2) is 23.6 Å². The number of alkyl carbamates (subject to hydrolysis) is 1. The molecule has 67 heavy (non-hydrogen) atoms. The average molecular weight is 928 g/mol. The molecule has 0 radical (unpaired) electrons. The number of Topliss-reactive ketones (excluding diaryl/α,β-unsaturated/α-hetero) is 1. The van der Waals surface area contributed by atoms with Gasteiger partial charge in [0.05, 0.1) is 35.6 Å². The van der Waals surface area contributed by atoms with Gasteiger partial charge < -0.3 is 53.4 Å². The Hall–Kier alpha value is -5.98. The first-order chi connectivity index (χ1) is 31.8. The number of methoxy groups -OCH3 is 1. The maximum absolute atomic E-state index is 15.9. The van der Waals surface area contributed by atoms with Crippen molar-refractivity contribution in [2.45, 2.75) is 115 Å². The summed E-state index contributed by atoms with van der Waals surface area (Å²) >= 11 is 0. The lowest BCUT2D eigenvalue weighted by atomic mass is 9.44. The van der Waals surface area contributed by atoms with Gasteiger partial charge in [-0.1, -0.05) is 92.7 Å². The quantitative estimate of drug-likeness (QED) is 0.0849. The smallest absolute Gasteiger partial charge is 0.408 e. The van der Waals surface area contributed by atoms with E-state index in [1.54, 1.807) is 93.6 Å². The Kier molecular flexibility index (Phi) is 14.1. The fraction of sp³-hybridized carbons (Fsp3) is 0.480. The number of amides is 1. The average Bonchev–Trinajstić information content (AvgIpc) is 3.29. The zero-order valence-corrected chi connectivity index (χ0v) is 38.4. The monoisotopic (exact) mass is 927 g/mol. The molecule has 0 spiro atoms. The van der Waals surface area contributed by atoms with Crippen molar-refractivity contribution >= 4 is 35.8 Å². The fourth-order valence-electron chi connectivity index (χ4n) is 10.6. The molecule has 2 saturated carbocycles. The molecule has 1 unspecified atom stereocenters. The topological polar surface area (TPSA) is 229 Å². The summed E-state index contributed by atoms with van der Waals surface area (Å²) in [5.74, 6) is -6.05. The van der Waals surface area contributed by atoms with E-state index in [0.717, 1.165) is 6.92 Å². The van der Waals surface area contributed by atoms with Crippen LogP contribution in [-0.4, -0.2) is 114 Å². The molecule has 2 bridgehead atoms. The van der Waals surface area contributed by atoms with E-state index < -0.39 is 113 Å². The highest BCUT2D eigenvalue weighted by Crippen LogP contribution is 2.65. The van der Waals surface area contributed by atoms with Crippen molar-refractivity contribution in [3.8, 4) is 0 Å². The summed E-state index contributed by atoms with van der Waals surface area (Å²) in [5, 5.41) is 28.3. The molecule has 3 aromatic carbocycles. The van der Waals surface area contributed by atoms with Crippen LogP contribution in [0.15, 0.2) is 102 Å². The van der Waals surface area contributed by atoms with Gasteiger partial charge in [-0.15, -0.1) is 0 Å². The summed E-state index contributed by atoms with van der Waals surface area (Å²) in [6, 6.07) is 23.5. The molecule has 3 fully saturated rings. The second-order valence-electron chi connectivity index (χ2n) is 18.3. The van der Waals surface area contributed by atoms with Crippen LogP contribution in [0.2, 0.25) is 0 Å². The zero-order chi connectivity index (χ0) is 48.5. The lowest BCUT2D eigenvalue weighted by Crippen LogP contribution is -2.82. The molecule has 0 aromatic heterocycles. The molecule has 17 nitrogen and oxygen atoms in total. The molecule has 3 aliphatic carbocycles. The first-order valence-electron chi connectivity index (χ1n) is 22.0. The van der Waals surface area contributed by atoms with Crippen LogP contribution in [0.1, 0.15) is 81.9 Å². The van der Waals surface area contributed by atoms with E-state index in [1.807, 2.05) is 6.07 Å². The fourth-order valence-corrected chi connectivity index (χ4v) is 10.6. The van der Waals surface area contributed by atoms with E-state index in [-0.39, 0.29) is 43.1 Å². The van der Waals surface area contributed by atoms with E-state index in [4.69, 9.17) is 37.9 Å².